The van der Waals surface area contributed by atoms with E-state index in [2.05, 4.69) is 15.4 Å². The number of allylic oxidation sites excluding steroid dienone is 1. The summed E-state index contributed by atoms with van der Waals surface area (Å²) >= 11 is 0. The van der Waals surface area contributed by atoms with E-state index in [-0.39, 0.29) is 5.57 Å². The predicted octanol–water partition coefficient (Wildman–Crippen LogP) is 2.21. The number of rotatable bonds is 3. The number of benzene rings is 1. The molecule has 0 heterocycles. The van der Waals surface area contributed by atoms with Gasteiger partial charge in [0.1, 0.15) is 17.7 Å². The highest BCUT2D eigenvalue weighted by Crippen LogP contribution is 2.13. The Balaban J connectivity index is 2.67. The van der Waals surface area contributed by atoms with Crippen molar-refractivity contribution in [1.82, 2.24) is 0 Å². The van der Waals surface area contributed by atoms with Crippen LogP contribution in [0.4, 0.5) is 16.2 Å². The number of anilines is 2. The first-order valence-corrected chi connectivity index (χ1v) is 4.91. The van der Waals surface area contributed by atoms with Crippen LogP contribution in [0.15, 0.2) is 36.0 Å². The first kappa shape index (κ1) is 13.1. The van der Waals surface area contributed by atoms with Crippen molar-refractivity contribution in [2.75, 3.05) is 17.7 Å². The van der Waals surface area contributed by atoms with E-state index in [4.69, 9.17) is 10.5 Å². The van der Waals surface area contributed by atoms with Gasteiger partial charge in [-0.15, -0.1) is 0 Å². The van der Waals surface area contributed by atoms with Crippen LogP contribution in [0.3, 0.4) is 0 Å². The zero-order valence-electron chi connectivity index (χ0n) is 9.60. The number of nitrogens with one attached hydrogen (secondary N) is 2. The fourth-order valence-corrected chi connectivity index (χ4v) is 1.06. The molecule has 0 fully saturated rings. The molecule has 0 unspecified atom stereocenters. The number of methoxy groups -OCH3 is 1. The summed E-state index contributed by atoms with van der Waals surface area (Å²) in [7, 11) is 1.28. The van der Waals surface area contributed by atoms with E-state index in [1.165, 1.54) is 13.3 Å². The van der Waals surface area contributed by atoms with E-state index in [1.807, 2.05) is 0 Å². The van der Waals surface area contributed by atoms with Crippen molar-refractivity contribution in [2.45, 2.75) is 0 Å². The minimum Gasteiger partial charge on any atom is -0.453 e. The van der Waals surface area contributed by atoms with E-state index >= 15 is 0 Å². The Kier molecular flexibility index (Phi) is 4.77. The summed E-state index contributed by atoms with van der Waals surface area (Å²) in [5.41, 5.74) is 1.25. The second-order valence-corrected chi connectivity index (χ2v) is 3.12. The monoisotopic (exact) mass is 242 g/mol. The highest BCUT2D eigenvalue weighted by atomic mass is 16.5. The van der Waals surface area contributed by atoms with E-state index < -0.39 is 6.09 Å². The molecule has 0 atom stereocenters. The van der Waals surface area contributed by atoms with Crippen molar-refractivity contribution < 1.29 is 9.53 Å². The number of carbonyl (C=O) groups is 1. The quantitative estimate of drug-likeness (QED) is 0.792. The van der Waals surface area contributed by atoms with Gasteiger partial charge in [0.15, 0.2) is 0 Å². The van der Waals surface area contributed by atoms with Crippen molar-refractivity contribution >= 4 is 17.5 Å². The van der Waals surface area contributed by atoms with Crippen LogP contribution >= 0.6 is 0 Å². The smallest absolute Gasteiger partial charge is 0.411 e. The average molecular weight is 242 g/mol. The molecule has 0 aromatic heterocycles. The molecule has 0 saturated heterocycles. The third kappa shape index (κ3) is 3.87. The Morgan fingerprint density at radius 1 is 1.22 bits per heavy atom. The van der Waals surface area contributed by atoms with Crippen LogP contribution in [0.1, 0.15) is 0 Å². The fraction of sp³-hybridized carbons (Fsp3) is 0.0833. The Labute approximate surface area is 104 Å². The average Bonchev–Trinajstić information content (AvgIpc) is 2.41. The van der Waals surface area contributed by atoms with Crippen LogP contribution < -0.4 is 10.6 Å². The summed E-state index contributed by atoms with van der Waals surface area (Å²) in [6.07, 6.45) is 0.759. The lowest BCUT2D eigenvalue weighted by Gasteiger charge is -2.05. The summed E-state index contributed by atoms with van der Waals surface area (Å²) < 4.78 is 4.45. The molecule has 90 valence electrons. The molecule has 1 aromatic carbocycles. The minimum absolute atomic E-state index is 0.0215. The van der Waals surface area contributed by atoms with E-state index in [1.54, 1.807) is 36.4 Å². The largest absolute Gasteiger partial charge is 0.453 e. The molecule has 0 aliphatic heterocycles. The van der Waals surface area contributed by atoms with Crippen LogP contribution in [0.25, 0.3) is 0 Å². The van der Waals surface area contributed by atoms with Crippen LogP contribution in [0.5, 0.6) is 0 Å². The molecule has 0 aliphatic carbocycles. The van der Waals surface area contributed by atoms with Crippen molar-refractivity contribution in [3.63, 3.8) is 0 Å². The lowest BCUT2D eigenvalue weighted by Crippen LogP contribution is -2.10. The molecule has 1 aromatic rings. The molecule has 6 nitrogen and oxygen atoms in total. The van der Waals surface area contributed by atoms with Crippen LogP contribution in [-0.4, -0.2) is 13.2 Å². The maximum atomic E-state index is 10.9. The maximum absolute atomic E-state index is 10.9. The maximum Gasteiger partial charge on any atom is 0.411 e. The van der Waals surface area contributed by atoms with Gasteiger partial charge < -0.3 is 10.1 Å². The fourth-order valence-electron chi connectivity index (χ4n) is 1.06. The lowest BCUT2D eigenvalue weighted by molar-refractivity contribution is 0.187. The molecule has 0 bridgehead atoms. The summed E-state index contributed by atoms with van der Waals surface area (Å²) in [6, 6.07) is 10.2. The molecule has 0 aliphatic rings. The zero-order chi connectivity index (χ0) is 13.4. The number of hydrogen-bond acceptors (Lipinski definition) is 5. The van der Waals surface area contributed by atoms with Crippen LogP contribution in [-0.2, 0) is 4.74 Å². The Morgan fingerprint density at radius 2 is 1.78 bits per heavy atom. The lowest BCUT2D eigenvalue weighted by atomic mass is 10.2. The Morgan fingerprint density at radius 3 is 2.28 bits per heavy atom. The van der Waals surface area contributed by atoms with E-state index in [0.29, 0.717) is 11.4 Å². The Hall–Kier alpha value is -2.99. The third-order valence-electron chi connectivity index (χ3n) is 1.94. The Bertz CT molecular complexity index is 519. The number of ether oxygens (including phenoxy) is 1. The second kappa shape index (κ2) is 6.56. The van der Waals surface area contributed by atoms with Gasteiger partial charge in [0.05, 0.1) is 7.11 Å². The van der Waals surface area contributed by atoms with Gasteiger partial charge in [-0.25, -0.2) is 4.79 Å². The number of hydrogen-bond donors (Lipinski definition) is 2. The summed E-state index contributed by atoms with van der Waals surface area (Å²) in [5, 5.41) is 22.4. The first-order chi connectivity index (χ1) is 8.69. The van der Waals surface area contributed by atoms with E-state index in [9.17, 15) is 4.79 Å². The summed E-state index contributed by atoms with van der Waals surface area (Å²) in [4.78, 5) is 10.9. The van der Waals surface area contributed by atoms with Gasteiger partial charge in [-0.2, -0.15) is 10.5 Å². The zero-order valence-corrected chi connectivity index (χ0v) is 9.60. The minimum atomic E-state index is -0.549. The normalized spacial score (nSPS) is 8.39. The highest BCUT2D eigenvalue weighted by Gasteiger charge is 1.99. The van der Waals surface area contributed by atoms with Gasteiger partial charge in [-0.3, -0.25) is 5.32 Å². The topological polar surface area (TPSA) is 97.9 Å². The number of amides is 1. The van der Waals surface area contributed by atoms with Gasteiger partial charge in [-0.05, 0) is 24.3 Å². The number of nitrogens with zero attached hydrogens (tertiary/aromatic N) is 2. The van der Waals surface area contributed by atoms with Gasteiger partial charge >= 0.3 is 6.09 Å². The molecule has 0 radical (unpaired) electrons. The highest BCUT2D eigenvalue weighted by molar-refractivity contribution is 5.84. The summed E-state index contributed by atoms with van der Waals surface area (Å²) in [6.45, 7) is 0. The van der Waals surface area contributed by atoms with Crippen molar-refractivity contribution in [3.8, 4) is 12.1 Å². The van der Waals surface area contributed by atoms with Crippen molar-refractivity contribution in [3.05, 3.63) is 36.0 Å². The molecule has 1 amide bonds. The first-order valence-electron chi connectivity index (χ1n) is 4.91. The molecule has 2 N–H and O–H groups in total. The molecular weight excluding hydrogens is 232 g/mol. The SMILES string of the molecule is COC(=O)Nc1ccc(NC=C(C#N)C#N)cc1. The molecule has 18 heavy (non-hydrogen) atoms. The molecular formula is C12H10N4O2. The van der Waals surface area contributed by atoms with Crippen LogP contribution in [0.2, 0.25) is 0 Å². The van der Waals surface area contributed by atoms with E-state index in [0.717, 1.165) is 0 Å². The van der Waals surface area contributed by atoms with Gasteiger partial charge in [0.2, 0.25) is 0 Å². The standard InChI is InChI=1S/C12H10N4O2/c1-18-12(17)16-11-4-2-10(3-5-11)15-8-9(6-13)7-14/h2-5,8,15H,1H3,(H,16,17). The molecule has 1 rings (SSSR count). The van der Waals surface area contributed by atoms with Crippen LogP contribution in [0, 0.1) is 22.7 Å². The number of carbonyl (C=O) groups excluding carboxylic acids is 1. The third-order valence-corrected chi connectivity index (χ3v) is 1.94. The van der Waals surface area contributed by atoms with Gasteiger partial charge in [-0.1, -0.05) is 0 Å². The summed E-state index contributed by atoms with van der Waals surface area (Å²) in [5.74, 6) is 0. The number of nitriles is 2. The van der Waals surface area contributed by atoms with Gasteiger partial charge in [0, 0.05) is 17.6 Å². The predicted molar refractivity (Wildman–Crippen MR) is 65.4 cm³/mol. The van der Waals surface area contributed by atoms with Gasteiger partial charge in [0.25, 0.3) is 0 Å². The molecule has 6 heteroatoms. The van der Waals surface area contributed by atoms with Crippen molar-refractivity contribution in [2.24, 2.45) is 0 Å². The molecule has 0 spiro atoms. The van der Waals surface area contributed by atoms with Crippen molar-refractivity contribution in [1.29, 1.82) is 10.5 Å². The molecule has 0 saturated carbocycles. The second-order valence-electron chi connectivity index (χ2n) is 3.12.